The Balaban J connectivity index is 3.57. The second-order valence-corrected chi connectivity index (χ2v) is 12.3. The maximum atomic E-state index is 12.1. The Morgan fingerprint density at radius 1 is 0.590 bits per heavy atom. The summed E-state index contributed by atoms with van der Waals surface area (Å²) in [5.41, 5.74) is 0. The van der Waals surface area contributed by atoms with Gasteiger partial charge in [-0.1, -0.05) is 150 Å². The Bertz CT molecular complexity index is 548. The molecule has 0 aliphatic carbocycles. The van der Waals surface area contributed by atoms with E-state index in [4.69, 9.17) is 9.47 Å². The molecule has 39 heavy (non-hydrogen) atoms. The zero-order valence-corrected chi connectivity index (χ0v) is 26.5. The maximum Gasteiger partial charge on any atom is 0.306 e. The normalized spacial score (nSPS) is 13.0. The third kappa shape index (κ3) is 28.2. The minimum atomic E-state index is -0.762. The van der Waals surface area contributed by atoms with Gasteiger partial charge in [-0.25, -0.2) is 0 Å². The molecule has 0 aromatic heterocycles. The van der Waals surface area contributed by atoms with Crippen LogP contribution in [0.2, 0.25) is 0 Å². The first-order valence-corrected chi connectivity index (χ1v) is 16.8. The molecule has 232 valence electrons. The number of esters is 2. The van der Waals surface area contributed by atoms with Gasteiger partial charge >= 0.3 is 11.9 Å². The second kappa shape index (κ2) is 28.4. The van der Waals surface area contributed by atoms with Gasteiger partial charge < -0.3 is 14.6 Å². The van der Waals surface area contributed by atoms with E-state index in [-0.39, 0.29) is 25.2 Å². The van der Waals surface area contributed by atoms with E-state index in [0.29, 0.717) is 12.8 Å². The van der Waals surface area contributed by atoms with Crippen LogP contribution in [-0.4, -0.2) is 36.4 Å². The van der Waals surface area contributed by atoms with E-state index in [9.17, 15) is 14.7 Å². The van der Waals surface area contributed by atoms with Crippen molar-refractivity contribution >= 4 is 11.9 Å². The standard InChI is InChI=1S/C34H66O5/c1-5-31(4)25-21-17-13-10-11-14-18-22-26-33(36)38-29-32(28-35)39-34(37)27-23-19-15-9-7-6-8-12-16-20-24-30(2)3/h30-32,35H,5-29H2,1-4H3/t31?,32-/m0/s1. The fourth-order valence-electron chi connectivity index (χ4n) is 4.89. The van der Waals surface area contributed by atoms with E-state index >= 15 is 0 Å². The number of hydrogen-bond donors (Lipinski definition) is 1. The van der Waals surface area contributed by atoms with Crippen molar-refractivity contribution < 1.29 is 24.2 Å². The van der Waals surface area contributed by atoms with Gasteiger partial charge in [-0.15, -0.1) is 0 Å². The molecule has 0 bridgehead atoms. The first-order valence-electron chi connectivity index (χ1n) is 16.8. The molecule has 0 saturated carbocycles. The van der Waals surface area contributed by atoms with E-state index < -0.39 is 6.10 Å². The average Bonchev–Trinajstić information content (AvgIpc) is 2.92. The zero-order chi connectivity index (χ0) is 29.0. The Morgan fingerprint density at radius 3 is 1.44 bits per heavy atom. The third-order valence-electron chi connectivity index (χ3n) is 7.87. The quantitative estimate of drug-likeness (QED) is 0.0736. The minimum Gasteiger partial charge on any atom is -0.462 e. The molecule has 0 aliphatic heterocycles. The summed E-state index contributed by atoms with van der Waals surface area (Å²) in [6.07, 6.45) is 25.8. The summed E-state index contributed by atoms with van der Waals surface area (Å²) in [5, 5.41) is 9.49. The Labute approximate surface area is 242 Å². The van der Waals surface area contributed by atoms with Gasteiger partial charge in [0.05, 0.1) is 6.61 Å². The molecule has 0 saturated heterocycles. The fraction of sp³-hybridized carbons (Fsp3) is 0.941. The molecule has 0 aliphatic rings. The summed E-state index contributed by atoms with van der Waals surface area (Å²) in [4.78, 5) is 24.1. The Kier molecular flexibility index (Phi) is 27.6. The van der Waals surface area contributed by atoms with Crippen LogP contribution in [0, 0.1) is 11.8 Å². The summed E-state index contributed by atoms with van der Waals surface area (Å²) < 4.78 is 10.5. The highest BCUT2D eigenvalue weighted by Gasteiger charge is 2.16. The number of unbranched alkanes of at least 4 members (excludes halogenated alkanes) is 16. The molecule has 1 N–H and O–H groups in total. The lowest BCUT2D eigenvalue weighted by Gasteiger charge is -2.15. The molecule has 0 fully saturated rings. The summed E-state index contributed by atoms with van der Waals surface area (Å²) >= 11 is 0. The lowest BCUT2D eigenvalue weighted by atomic mass is 9.99. The van der Waals surface area contributed by atoms with Crippen LogP contribution < -0.4 is 0 Å². The predicted octanol–water partition coefficient (Wildman–Crippen LogP) is 9.72. The number of ether oxygens (including phenoxy) is 2. The highest BCUT2D eigenvalue weighted by Crippen LogP contribution is 2.16. The van der Waals surface area contributed by atoms with Crippen LogP contribution in [0.5, 0.6) is 0 Å². The lowest BCUT2D eigenvalue weighted by Crippen LogP contribution is -2.28. The smallest absolute Gasteiger partial charge is 0.306 e. The molecule has 5 heteroatoms. The van der Waals surface area contributed by atoms with Gasteiger partial charge in [-0.3, -0.25) is 9.59 Å². The van der Waals surface area contributed by atoms with Crippen molar-refractivity contribution in [2.45, 2.75) is 181 Å². The highest BCUT2D eigenvalue weighted by molar-refractivity contribution is 5.70. The topological polar surface area (TPSA) is 72.8 Å². The number of aliphatic hydroxyl groups excluding tert-OH is 1. The average molecular weight is 555 g/mol. The van der Waals surface area contributed by atoms with Crippen LogP contribution in [0.1, 0.15) is 175 Å². The van der Waals surface area contributed by atoms with E-state index in [2.05, 4.69) is 27.7 Å². The SMILES string of the molecule is CCC(C)CCCCCCCCCCC(=O)OC[C@H](CO)OC(=O)CCCCCCCCCCCCC(C)C. The van der Waals surface area contributed by atoms with E-state index in [1.165, 1.54) is 96.3 Å². The molecule has 0 aromatic carbocycles. The van der Waals surface area contributed by atoms with E-state index in [1.54, 1.807) is 0 Å². The molecule has 0 aromatic rings. The number of carbonyl (C=O) groups is 2. The van der Waals surface area contributed by atoms with Crippen molar-refractivity contribution in [3.63, 3.8) is 0 Å². The van der Waals surface area contributed by atoms with Gasteiger partial charge in [0.25, 0.3) is 0 Å². The van der Waals surface area contributed by atoms with E-state index in [1.807, 2.05) is 0 Å². The second-order valence-electron chi connectivity index (χ2n) is 12.3. The van der Waals surface area contributed by atoms with Crippen molar-refractivity contribution in [3.05, 3.63) is 0 Å². The number of carbonyl (C=O) groups excluding carboxylic acids is 2. The zero-order valence-electron chi connectivity index (χ0n) is 26.5. The summed E-state index contributed by atoms with van der Waals surface area (Å²) in [7, 11) is 0. The monoisotopic (exact) mass is 554 g/mol. The summed E-state index contributed by atoms with van der Waals surface area (Å²) in [5.74, 6) is 1.10. The van der Waals surface area contributed by atoms with Crippen molar-refractivity contribution in [1.82, 2.24) is 0 Å². The fourth-order valence-corrected chi connectivity index (χ4v) is 4.89. The van der Waals surface area contributed by atoms with Crippen molar-refractivity contribution in [3.8, 4) is 0 Å². The van der Waals surface area contributed by atoms with Crippen molar-refractivity contribution in [1.29, 1.82) is 0 Å². The Hall–Kier alpha value is -1.10. The number of rotatable bonds is 29. The molecule has 5 nitrogen and oxygen atoms in total. The van der Waals surface area contributed by atoms with Gasteiger partial charge in [0.2, 0.25) is 0 Å². The van der Waals surface area contributed by atoms with Crippen LogP contribution in [0.25, 0.3) is 0 Å². The molecule has 0 heterocycles. The van der Waals surface area contributed by atoms with Gasteiger partial charge in [0, 0.05) is 12.8 Å². The molecule has 2 atom stereocenters. The van der Waals surface area contributed by atoms with Crippen LogP contribution in [0.3, 0.4) is 0 Å². The highest BCUT2D eigenvalue weighted by atomic mass is 16.6. The molecule has 1 unspecified atom stereocenters. The van der Waals surface area contributed by atoms with Crippen molar-refractivity contribution in [2.75, 3.05) is 13.2 Å². The molecule has 0 rings (SSSR count). The molecular formula is C34H66O5. The van der Waals surface area contributed by atoms with Gasteiger partial charge in [0.15, 0.2) is 6.10 Å². The minimum absolute atomic E-state index is 0.0603. The maximum absolute atomic E-state index is 12.1. The van der Waals surface area contributed by atoms with Crippen LogP contribution in [-0.2, 0) is 19.1 Å². The van der Waals surface area contributed by atoms with Gasteiger partial charge in [0.1, 0.15) is 6.61 Å². The third-order valence-corrected chi connectivity index (χ3v) is 7.87. The predicted molar refractivity (Wildman–Crippen MR) is 164 cm³/mol. The molecule has 0 spiro atoms. The largest absolute Gasteiger partial charge is 0.462 e. The molecule has 0 amide bonds. The van der Waals surface area contributed by atoms with Crippen LogP contribution in [0.4, 0.5) is 0 Å². The first-order chi connectivity index (χ1) is 18.9. The summed E-state index contributed by atoms with van der Waals surface area (Å²) in [6, 6.07) is 0. The first kappa shape index (κ1) is 37.9. The number of aliphatic hydroxyl groups is 1. The van der Waals surface area contributed by atoms with Crippen molar-refractivity contribution in [2.24, 2.45) is 11.8 Å². The summed E-state index contributed by atoms with van der Waals surface area (Å²) in [6.45, 7) is 8.81. The van der Waals surface area contributed by atoms with Gasteiger partial charge in [-0.2, -0.15) is 0 Å². The van der Waals surface area contributed by atoms with Crippen LogP contribution >= 0.6 is 0 Å². The van der Waals surface area contributed by atoms with E-state index in [0.717, 1.165) is 50.4 Å². The Morgan fingerprint density at radius 2 is 1.00 bits per heavy atom. The van der Waals surface area contributed by atoms with Gasteiger partial charge in [-0.05, 0) is 24.7 Å². The lowest BCUT2D eigenvalue weighted by molar-refractivity contribution is -0.161. The number of hydrogen-bond acceptors (Lipinski definition) is 5. The molecule has 0 radical (unpaired) electrons. The molecular weight excluding hydrogens is 488 g/mol. The van der Waals surface area contributed by atoms with Crippen LogP contribution in [0.15, 0.2) is 0 Å².